The third-order valence-electron chi connectivity index (χ3n) is 3.70. The number of aryl methyl sites for hydroxylation is 1. The van der Waals surface area contributed by atoms with E-state index in [0.717, 1.165) is 18.3 Å². The lowest BCUT2D eigenvalue weighted by molar-refractivity contribution is -0.139. The Balaban J connectivity index is 1.84. The van der Waals surface area contributed by atoms with Gasteiger partial charge in [-0.15, -0.1) is 0 Å². The number of hydrogen-bond donors (Lipinski definition) is 2. The van der Waals surface area contributed by atoms with Crippen LogP contribution >= 0.6 is 68.5 Å². The van der Waals surface area contributed by atoms with Crippen molar-refractivity contribution < 1.29 is 19.4 Å². The molecule has 1 heterocycles. The first-order valence-electron chi connectivity index (χ1n) is 8.12. The Kier molecular flexibility index (Phi) is 7.46. The maximum absolute atomic E-state index is 12.3. The molecule has 1 saturated heterocycles. The van der Waals surface area contributed by atoms with Gasteiger partial charge in [0.1, 0.15) is 5.75 Å². The lowest BCUT2D eigenvalue weighted by atomic mass is 10.2. The van der Waals surface area contributed by atoms with Gasteiger partial charge in [-0.2, -0.15) is 0 Å². The molecule has 150 valence electrons. The van der Waals surface area contributed by atoms with Crippen molar-refractivity contribution in [3.05, 3.63) is 58.5 Å². The Morgan fingerprint density at radius 3 is 2.66 bits per heavy atom. The fourth-order valence-corrected chi connectivity index (χ4v) is 5.51. The number of ether oxygens (including phenoxy) is 1. The molecule has 0 aliphatic carbocycles. The molecule has 1 aliphatic rings. The Hall–Kier alpha value is -1.31. The van der Waals surface area contributed by atoms with Gasteiger partial charge in [0.25, 0.3) is 5.91 Å². The first-order chi connectivity index (χ1) is 13.7. The summed E-state index contributed by atoms with van der Waals surface area (Å²) < 4.78 is 6.85. The smallest absolute Gasteiger partial charge is 0.341 e. The minimum atomic E-state index is -1.04. The zero-order valence-corrected chi connectivity index (χ0v) is 20.7. The summed E-state index contributed by atoms with van der Waals surface area (Å²) in [7, 11) is 0. The molecular formula is C19H13ClI2N2O4S. The molecule has 0 aromatic heterocycles. The predicted molar refractivity (Wildman–Crippen MR) is 132 cm³/mol. The standard InChI is InChI=1S/C19H13ClI2N2O4S/c1-9-2-3-11(20)7-14(9)23-19-24-18(27)15(29-19)6-10-4-12(21)17(13(22)5-10)28-8-16(25)26/h2-7H,8H2,1H3,(H,25,26)(H,23,24,27)/b15-6-. The number of nitrogens with zero attached hydrogens (tertiary/aromatic N) is 1. The molecule has 29 heavy (non-hydrogen) atoms. The molecule has 2 aromatic rings. The van der Waals surface area contributed by atoms with E-state index in [2.05, 4.69) is 55.5 Å². The Morgan fingerprint density at radius 1 is 1.31 bits per heavy atom. The fourth-order valence-electron chi connectivity index (χ4n) is 2.38. The van der Waals surface area contributed by atoms with E-state index in [1.807, 2.05) is 25.1 Å². The maximum Gasteiger partial charge on any atom is 0.341 e. The summed E-state index contributed by atoms with van der Waals surface area (Å²) in [4.78, 5) is 28.1. The number of carboxylic acids is 1. The average molecular weight is 655 g/mol. The van der Waals surface area contributed by atoms with Crippen LogP contribution in [-0.4, -0.2) is 28.8 Å². The van der Waals surface area contributed by atoms with Crippen LogP contribution < -0.4 is 10.1 Å². The predicted octanol–water partition coefficient (Wildman–Crippen LogP) is 5.21. The quantitative estimate of drug-likeness (QED) is 0.342. The van der Waals surface area contributed by atoms with Crippen LogP contribution in [0.3, 0.4) is 0 Å². The molecule has 1 amide bonds. The number of carbonyl (C=O) groups is 2. The first kappa shape index (κ1) is 22.4. The molecular weight excluding hydrogens is 642 g/mol. The molecule has 0 spiro atoms. The van der Waals surface area contributed by atoms with Crippen LogP contribution in [0.4, 0.5) is 5.69 Å². The third-order valence-corrected chi connectivity index (χ3v) is 6.45. The second kappa shape index (κ2) is 9.67. The van der Waals surface area contributed by atoms with Crippen LogP contribution in [0.2, 0.25) is 5.02 Å². The topological polar surface area (TPSA) is 88.0 Å². The molecule has 0 radical (unpaired) electrons. The van der Waals surface area contributed by atoms with Crippen molar-refractivity contribution in [3.8, 4) is 5.75 Å². The number of thioether (sulfide) groups is 1. The highest BCUT2D eigenvalue weighted by Gasteiger charge is 2.24. The normalized spacial score (nSPS) is 16.3. The van der Waals surface area contributed by atoms with Crippen LogP contribution in [0.1, 0.15) is 11.1 Å². The minimum absolute atomic E-state index is 0.232. The summed E-state index contributed by atoms with van der Waals surface area (Å²) in [6.07, 6.45) is 1.76. The van der Waals surface area contributed by atoms with Gasteiger partial charge in [-0.05, 0) is 105 Å². The minimum Gasteiger partial charge on any atom is -0.480 e. The summed E-state index contributed by atoms with van der Waals surface area (Å²) in [6, 6.07) is 9.07. The van der Waals surface area contributed by atoms with Crippen molar-refractivity contribution in [2.45, 2.75) is 6.92 Å². The van der Waals surface area contributed by atoms with Crippen molar-refractivity contribution in [1.82, 2.24) is 5.32 Å². The van der Waals surface area contributed by atoms with Gasteiger partial charge >= 0.3 is 5.97 Å². The molecule has 2 N–H and O–H groups in total. The highest BCUT2D eigenvalue weighted by molar-refractivity contribution is 14.1. The molecule has 2 aromatic carbocycles. The monoisotopic (exact) mass is 654 g/mol. The number of carbonyl (C=O) groups excluding carboxylic acids is 1. The van der Waals surface area contributed by atoms with E-state index in [9.17, 15) is 9.59 Å². The number of halogens is 3. The molecule has 1 fully saturated rings. The molecule has 6 nitrogen and oxygen atoms in total. The second-order valence-electron chi connectivity index (χ2n) is 5.91. The number of amidine groups is 1. The van der Waals surface area contributed by atoms with E-state index in [1.165, 1.54) is 11.8 Å². The molecule has 0 unspecified atom stereocenters. The fraction of sp³-hybridized carbons (Fsp3) is 0.105. The molecule has 1 aliphatic heterocycles. The van der Waals surface area contributed by atoms with Crippen LogP contribution in [0.15, 0.2) is 40.2 Å². The number of carboxylic acid groups (broad SMARTS) is 1. The van der Waals surface area contributed by atoms with Crippen LogP contribution in [0.25, 0.3) is 6.08 Å². The van der Waals surface area contributed by atoms with Gasteiger partial charge in [0, 0.05) is 5.02 Å². The van der Waals surface area contributed by atoms with E-state index in [1.54, 1.807) is 18.2 Å². The Morgan fingerprint density at radius 2 is 2.00 bits per heavy atom. The zero-order valence-electron chi connectivity index (χ0n) is 14.8. The SMILES string of the molecule is Cc1ccc(Cl)cc1N=C1NC(=O)/C(=C/c2cc(I)c(OCC(=O)O)c(I)c2)S1. The summed E-state index contributed by atoms with van der Waals surface area (Å²) in [5.74, 6) is -0.758. The summed E-state index contributed by atoms with van der Waals surface area (Å²) >= 11 is 11.4. The molecule has 10 heteroatoms. The van der Waals surface area contributed by atoms with Crippen molar-refractivity contribution in [2.75, 3.05) is 6.61 Å². The van der Waals surface area contributed by atoms with E-state index >= 15 is 0 Å². The number of hydrogen-bond acceptors (Lipinski definition) is 5. The maximum atomic E-state index is 12.3. The van der Waals surface area contributed by atoms with Crippen molar-refractivity contribution in [3.63, 3.8) is 0 Å². The number of benzene rings is 2. The lowest BCUT2D eigenvalue weighted by Crippen LogP contribution is -2.19. The molecule has 0 atom stereocenters. The van der Waals surface area contributed by atoms with Crippen molar-refractivity contribution in [2.24, 2.45) is 4.99 Å². The Labute approximate surface area is 203 Å². The van der Waals surface area contributed by atoms with E-state index < -0.39 is 12.6 Å². The van der Waals surface area contributed by atoms with Gasteiger partial charge in [-0.25, -0.2) is 9.79 Å². The number of nitrogens with one attached hydrogen (secondary N) is 1. The van der Waals surface area contributed by atoms with Gasteiger partial charge < -0.3 is 15.2 Å². The lowest BCUT2D eigenvalue weighted by Gasteiger charge is -2.09. The van der Waals surface area contributed by atoms with Gasteiger partial charge in [-0.3, -0.25) is 4.79 Å². The zero-order chi connectivity index (χ0) is 21.1. The van der Waals surface area contributed by atoms with Crippen molar-refractivity contribution >= 4 is 97.4 Å². The number of rotatable bonds is 5. The van der Waals surface area contributed by atoms with Gasteiger partial charge in [0.15, 0.2) is 11.8 Å². The first-order valence-corrected chi connectivity index (χ1v) is 11.5. The summed E-state index contributed by atoms with van der Waals surface area (Å²) in [5, 5.41) is 12.6. The van der Waals surface area contributed by atoms with Gasteiger partial charge in [-0.1, -0.05) is 17.7 Å². The van der Waals surface area contributed by atoms with Crippen LogP contribution in [0, 0.1) is 14.1 Å². The second-order valence-corrected chi connectivity index (χ2v) is 9.70. The van der Waals surface area contributed by atoms with Crippen LogP contribution in [0.5, 0.6) is 5.75 Å². The molecule has 0 bridgehead atoms. The summed E-state index contributed by atoms with van der Waals surface area (Å²) in [5.41, 5.74) is 2.46. The number of aliphatic carboxylic acids is 1. The number of amides is 1. The summed E-state index contributed by atoms with van der Waals surface area (Å²) in [6.45, 7) is 1.51. The highest BCUT2D eigenvalue weighted by Crippen LogP contribution is 2.33. The van der Waals surface area contributed by atoms with Gasteiger partial charge in [0.2, 0.25) is 0 Å². The van der Waals surface area contributed by atoms with Crippen LogP contribution in [-0.2, 0) is 9.59 Å². The molecule has 3 rings (SSSR count). The largest absolute Gasteiger partial charge is 0.480 e. The van der Waals surface area contributed by atoms with E-state index in [0.29, 0.717) is 26.5 Å². The molecule has 0 saturated carbocycles. The van der Waals surface area contributed by atoms with E-state index in [-0.39, 0.29) is 5.91 Å². The van der Waals surface area contributed by atoms with Gasteiger partial charge in [0.05, 0.1) is 17.7 Å². The number of aliphatic imine (C=N–C) groups is 1. The van der Waals surface area contributed by atoms with Crippen molar-refractivity contribution in [1.29, 1.82) is 0 Å². The average Bonchev–Trinajstić information content (AvgIpc) is 2.96. The third kappa shape index (κ3) is 5.86. The Bertz CT molecular complexity index is 1050. The van der Waals surface area contributed by atoms with E-state index in [4.69, 9.17) is 21.4 Å². The highest BCUT2D eigenvalue weighted by atomic mass is 127.